The Morgan fingerprint density at radius 2 is 1.75 bits per heavy atom. The molecule has 12 heavy (non-hydrogen) atoms. The Hall–Kier alpha value is 0.590. The fourth-order valence-electron chi connectivity index (χ4n) is 0.714. The Kier molecular flexibility index (Phi) is 4.20. The maximum absolute atomic E-state index is 10.4. The van der Waals surface area contributed by atoms with E-state index < -0.39 is 11.3 Å². The first-order chi connectivity index (χ1) is 5.58. The summed E-state index contributed by atoms with van der Waals surface area (Å²) in [6, 6.07) is 5.58. The summed E-state index contributed by atoms with van der Waals surface area (Å²) in [4.78, 5) is 0. The second-order valence-electron chi connectivity index (χ2n) is 2.01. The van der Waals surface area contributed by atoms with Gasteiger partial charge in [-0.25, -0.2) is 4.21 Å². The van der Waals surface area contributed by atoms with E-state index in [4.69, 9.17) is 4.55 Å². The van der Waals surface area contributed by atoms with E-state index in [0.717, 1.165) is 7.14 Å². The van der Waals surface area contributed by atoms with E-state index in [9.17, 15) is 4.21 Å². The summed E-state index contributed by atoms with van der Waals surface area (Å²) in [5.41, 5.74) is 0.659. The molecule has 1 aromatic rings. The highest BCUT2D eigenvalue weighted by Crippen LogP contribution is 2.18. The van der Waals surface area contributed by atoms with Crippen LogP contribution in [0, 0.1) is 7.14 Å². The molecule has 0 spiro atoms. The van der Waals surface area contributed by atoms with Gasteiger partial charge in [-0.3, -0.25) is 9.27 Å². The summed E-state index contributed by atoms with van der Waals surface area (Å²) in [7, 11) is 0. The maximum atomic E-state index is 10.4. The van der Waals surface area contributed by atoms with Crippen molar-refractivity contribution in [1.29, 1.82) is 0 Å². The number of anilines is 1. The Bertz CT molecular complexity index is 298. The quantitative estimate of drug-likeness (QED) is 0.583. The van der Waals surface area contributed by atoms with Crippen LogP contribution in [0.4, 0.5) is 5.69 Å². The van der Waals surface area contributed by atoms with Crippen molar-refractivity contribution in [2.75, 3.05) is 4.72 Å². The van der Waals surface area contributed by atoms with Crippen LogP contribution in [-0.4, -0.2) is 8.76 Å². The molecule has 0 bridgehead atoms. The number of hydrogen-bond acceptors (Lipinski definition) is 1. The highest BCUT2D eigenvalue weighted by Gasteiger charge is 1.98. The van der Waals surface area contributed by atoms with Gasteiger partial charge in [0.25, 0.3) is 11.3 Å². The van der Waals surface area contributed by atoms with E-state index in [1.807, 2.05) is 6.07 Å². The lowest BCUT2D eigenvalue weighted by Crippen LogP contribution is -2.02. The molecule has 1 unspecified atom stereocenters. The smallest absolute Gasteiger partial charge is 0.259 e. The summed E-state index contributed by atoms with van der Waals surface area (Å²) in [5.74, 6) is 0. The minimum Gasteiger partial charge on any atom is -0.289 e. The molecule has 2 N–H and O–H groups in total. The predicted molar refractivity (Wildman–Crippen MR) is 66.3 cm³/mol. The molecule has 0 radical (unpaired) electrons. The molecule has 0 saturated heterocycles. The fraction of sp³-hybridized carbons (Fsp3) is 0. The van der Waals surface area contributed by atoms with Crippen molar-refractivity contribution >= 4 is 62.1 Å². The lowest BCUT2D eigenvalue weighted by atomic mass is 10.3. The Morgan fingerprint density at radius 3 is 2.17 bits per heavy atom. The van der Waals surface area contributed by atoms with Gasteiger partial charge in [-0.05, 0) is 63.4 Å². The monoisotopic (exact) mass is 409 g/mol. The fourth-order valence-corrected chi connectivity index (χ4v) is 2.97. The molecule has 1 rings (SSSR count). The zero-order valence-corrected chi connectivity index (χ0v) is 10.9. The standard InChI is InChI=1S/C6H5I2NO2S/c7-4-1-5(8)3-6(2-4)9-12(10)11/h1-3,9H,(H,10,11). The SMILES string of the molecule is O=S(O)Nc1cc(I)cc(I)c1. The van der Waals surface area contributed by atoms with Gasteiger partial charge in [-0.1, -0.05) is 0 Å². The van der Waals surface area contributed by atoms with Crippen molar-refractivity contribution < 1.29 is 8.76 Å². The highest BCUT2D eigenvalue weighted by molar-refractivity contribution is 14.1. The lowest BCUT2D eigenvalue weighted by Gasteiger charge is -2.02. The Labute approximate surface area is 100 Å². The maximum Gasteiger partial charge on any atom is 0.259 e. The van der Waals surface area contributed by atoms with Crippen molar-refractivity contribution in [3.63, 3.8) is 0 Å². The van der Waals surface area contributed by atoms with Crippen molar-refractivity contribution in [2.24, 2.45) is 0 Å². The Balaban J connectivity index is 2.93. The van der Waals surface area contributed by atoms with E-state index in [-0.39, 0.29) is 0 Å². The number of hydrogen-bond donors (Lipinski definition) is 2. The summed E-state index contributed by atoms with van der Waals surface area (Å²) in [5, 5.41) is 0. The van der Waals surface area contributed by atoms with Crippen LogP contribution in [0.3, 0.4) is 0 Å². The third-order valence-electron chi connectivity index (χ3n) is 1.07. The summed E-state index contributed by atoms with van der Waals surface area (Å²) >= 11 is 2.32. The average Bonchev–Trinajstić information content (AvgIpc) is 1.81. The molecule has 0 aliphatic heterocycles. The first-order valence-electron chi connectivity index (χ1n) is 2.91. The zero-order chi connectivity index (χ0) is 9.14. The van der Waals surface area contributed by atoms with Gasteiger partial charge in [0.15, 0.2) is 0 Å². The van der Waals surface area contributed by atoms with E-state index in [1.165, 1.54) is 0 Å². The topological polar surface area (TPSA) is 49.3 Å². The molecule has 3 nitrogen and oxygen atoms in total. The van der Waals surface area contributed by atoms with Crippen LogP contribution in [-0.2, 0) is 11.3 Å². The molecular formula is C6H5I2NO2S. The number of halogens is 2. The van der Waals surface area contributed by atoms with Crippen LogP contribution in [0.25, 0.3) is 0 Å². The Morgan fingerprint density at radius 1 is 1.25 bits per heavy atom. The summed E-state index contributed by atoms with van der Waals surface area (Å²) < 4.78 is 23.4. The van der Waals surface area contributed by atoms with Gasteiger partial charge in [-0.15, -0.1) is 0 Å². The predicted octanol–water partition coefficient (Wildman–Crippen LogP) is 2.44. The van der Waals surface area contributed by atoms with Gasteiger partial charge in [0.1, 0.15) is 0 Å². The van der Waals surface area contributed by atoms with Crippen LogP contribution in [0.5, 0.6) is 0 Å². The highest BCUT2D eigenvalue weighted by atomic mass is 127. The van der Waals surface area contributed by atoms with E-state index in [2.05, 4.69) is 49.9 Å². The minimum atomic E-state index is -1.99. The van der Waals surface area contributed by atoms with Gasteiger partial charge in [-0.2, -0.15) is 0 Å². The van der Waals surface area contributed by atoms with E-state index in [0.29, 0.717) is 5.69 Å². The van der Waals surface area contributed by atoms with Gasteiger partial charge >= 0.3 is 0 Å². The molecule has 0 aromatic heterocycles. The van der Waals surface area contributed by atoms with Crippen LogP contribution in [0.1, 0.15) is 0 Å². The summed E-state index contributed by atoms with van der Waals surface area (Å²) in [6.45, 7) is 0. The first-order valence-corrected chi connectivity index (χ1v) is 6.18. The minimum absolute atomic E-state index is 0.659. The van der Waals surface area contributed by atoms with Crippen LogP contribution in [0.2, 0.25) is 0 Å². The third kappa shape index (κ3) is 3.54. The van der Waals surface area contributed by atoms with Gasteiger partial charge < -0.3 is 0 Å². The van der Waals surface area contributed by atoms with Crippen molar-refractivity contribution in [3.8, 4) is 0 Å². The molecule has 66 valence electrons. The van der Waals surface area contributed by atoms with E-state index >= 15 is 0 Å². The summed E-state index contributed by atoms with van der Waals surface area (Å²) in [6.07, 6.45) is 0. The van der Waals surface area contributed by atoms with E-state index in [1.54, 1.807) is 12.1 Å². The molecule has 1 aromatic carbocycles. The lowest BCUT2D eigenvalue weighted by molar-refractivity contribution is 0.570. The normalized spacial score (nSPS) is 12.6. The van der Waals surface area contributed by atoms with Gasteiger partial charge in [0.05, 0.1) is 5.69 Å². The molecule has 1 atom stereocenters. The van der Waals surface area contributed by atoms with Crippen LogP contribution < -0.4 is 4.72 Å². The molecule has 0 aliphatic carbocycles. The number of rotatable bonds is 2. The second kappa shape index (κ2) is 4.72. The molecule has 0 fully saturated rings. The van der Waals surface area contributed by atoms with Gasteiger partial charge in [0, 0.05) is 7.14 Å². The molecule has 0 heterocycles. The first kappa shape index (κ1) is 10.7. The third-order valence-corrected chi connectivity index (χ3v) is 2.72. The molecule has 0 saturated carbocycles. The zero-order valence-electron chi connectivity index (χ0n) is 5.75. The average molecular weight is 409 g/mol. The molecule has 0 aliphatic rings. The number of benzene rings is 1. The van der Waals surface area contributed by atoms with Crippen LogP contribution in [0.15, 0.2) is 18.2 Å². The van der Waals surface area contributed by atoms with Gasteiger partial charge in [0.2, 0.25) is 0 Å². The second-order valence-corrected chi connectivity index (χ2v) is 5.20. The molecule has 0 amide bonds. The van der Waals surface area contributed by atoms with Crippen molar-refractivity contribution in [1.82, 2.24) is 0 Å². The molecule has 6 heteroatoms. The van der Waals surface area contributed by atoms with Crippen molar-refractivity contribution in [2.45, 2.75) is 0 Å². The van der Waals surface area contributed by atoms with Crippen LogP contribution >= 0.6 is 45.2 Å². The largest absolute Gasteiger partial charge is 0.289 e. The molecular weight excluding hydrogens is 404 g/mol. The number of nitrogens with one attached hydrogen (secondary N) is 1. The van der Waals surface area contributed by atoms with Crippen molar-refractivity contribution in [3.05, 3.63) is 25.3 Å².